The molecule has 0 unspecified atom stereocenters. The molecule has 1 heterocycles. The highest BCUT2D eigenvalue weighted by molar-refractivity contribution is 9.10. The fourth-order valence-corrected chi connectivity index (χ4v) is 2.01. The van der Waals surface area contributed by atoms with E-state index in [1.807, 2.05) is 49.4 Å². The molecule has 0 saturated heterocycles. The molecule has 0 aliphatic heterocycles. The summed E-state index contributed by atoms with van der Waals surface area (Å²) in [4.78, 5) is 4.40. The highest BCUT2D eigenvalue weighted by atomic mass is 79.9. The van der Waals surface area contributed by atoms with E-state index in [4.69, 9.17) is 4.42 Å². The maximum Gasteiger partial charge on any atom is 0.300 e. The number of nitrogens with zero attached hydrogens (tertiary/aromatic N) is 1. The summed E-state index contributed by atoms with van der Waals surface area (Å²) in [5.74, 6) is 0. The van der Waals surface area contributed by atoms with E-state index < -0.39 is 0 Å². The lowest BCUT2D eigenvalue weighted by Gasteiger charge is -2.00. The van der Waals surface area contributed by atoms with Crippen LogP contribution in [0.5, 0.6) is 0 Å². The fourth-order valence-electron chi connectivity index (χ4n) is 1.75. The first kappa shape index (κ1) is 11.3. The van der Waals surface area contributed by atoms with Crippen molar-refractivity contribution in [1.82, 2.24) is 4.98 Å². The Hall–Kier alpha value is -1.81. The number of rotatable bonds is 2. The van der Waals surface area contributed by atoms with Gasteiger partial charge in [0.1, 0.15) is 5.52 Å². The molecule has 18 heavy (non-hydrogen) atoms. The molecule has 0 aliphatic carbocycles. The number of benzene rings is 2. The number of halogens is 1. The first-order chi connectivity index (χ1) is 8.70. The minimum atomic E-state index is 0.512. The molecule has 0 aliphatic rings. The summed E-state index contributed by atoms with van der Waals surface area (Å²) in [6.45, 7) is 2.04. The van der Waals surface area contributed by atoms with Crippen molar-refractivity contribution in [2.24, 2.45) is 0 Å². The van der Waals surface area contributed by atoms with Crippen LogP contribution < -0.4 is 5.32 Å². The van der Waals surface area contributed by atoms with Gasteiger partial charge in [-0.15, -0.1) is 0 Å². The molecule has 3 aromatic rings. The van der Waals surface area contributed by atoms with Crippen molar-refractivity contribution in [1.29, 1.82) is 0 Å². The third kappa shape index (κ3) is 2.24. The summed E-state index contributed by atoms with van der Waals surface area (Å²) >= 11 is 3.40. The Kier molecular flexibility index (Phi) is 2.80. The second kappa shape index (κ2) is 4.46. The molecule has 0 radical (unpaired) electrons. The molecule has 4 heteroatoms. The monoisotopic (exact) mass is 302 g/mol. The Labute approximate surface area is 113 Å². The zero-order valence-corrected chi connectivity index (χ0v) is 11.4. The number of oxazole rings is 1. The maximum atomic E-state index is 5.62. The molecule has 1 N–H and O–H groups in total. The Bertz CT molecular complexity index is 689. The number of fused-ring (bicyclic) bond motifs is 1. The predicted molar refractivity (Wildman–Crippen MR) is 76.2 cm³/mol. The predicted octanol–water partition coefficient (Wildman–Crippen LogP) is 4.64. The second-order valence-electron chi connectivity index (χ2n) is 4.12. The molecule has 0 spiro atoms. The van der Waals surface area contributed by atoms with Crippen molar-refractivity contribution >= 4 is 38.7 Å². The molecule has 3 rings (SSSR count). The van der Waals surface area contributed by atoms with Gasteiger partial charge in [-0.2, -0.15) is 4.98 Å². The van der Waals surface area contributed by atoms with Crippen LogP contribution in [0, 0.1) is 6.92 Å². The quantitative estimate of drug-likeness (QED) is 0.749. The van der Waals surface area contributed by atoms with E-state index in [1.54, 1.807) is 0 Å². The van der Waals surface area contributed by atoms with Crippen LogP contribution in [0.1, 0.15) is 5.56 Å². The summed E-state index contributed by atoms with van der Waals surface area (Å²) in [5, 5.41) is 3.14. The first-order valence-corrected chi connectivity index (χ1v) is 6.40. The molecule has 0 fully saturated rings. The average molecular weight is 303 g/mol. The zero-order chi connectivity index (χ0) is 12.5. The maximum absolute atomic E-state index is 5.62. The standard InChI is InChI=1S/C14H11BrN2O/c1-9-2-7-13-12(8-9)17-14(18-13)16-11-5-3-10(15)4-6-11/h2-8H,1H3,(H,16,17). The van der Waals surface area contributed by atoms with Gasteiger partial charge in [-0.05, 0) is 48.9 Å². The minimum absolute atomic E-state index is 0.512. The molecule has 2 aromatic carbocycles. The van der Waals surface area contributed by atoms with E-state index in [0.717, 1.165) is 21.3 Å². The van der Waals surface area contributed by atoms with Gasteiger partial charge < -0.3 is 9.73 Å². The van der Waals surface area contributed by atoms with Crippen LogP contribution in [-0.2, 0) is 0 Å². The van der Waals surface area contributed by atoms with Crippen molar-refractivity contribution in [3.05, 3.63) is 52.5 Å². The van der Waals surface area contributed by atoms with E-state index in [1.165, 1.54) is 5.56 Å². The molecule has 0 saturated carbocycles. The number of nitrogens with one attached hydrogen (secondary N) is 1. The minimum Gasteiger partial charge on any atom is -0.423 e. The molecule has 3 nitrogen and oxygen atoms in total. The smallest absolute Gasteiger partial charge is 0.300 e. The van der Waals surface area contributed by atoms with Gasteiger partial charge in [-0.3, -0.25) is 0 Å². The largest absolute Gasteiger partial charge is 0.423 e. The number of aromatic nitrogens is 1. The van der Waals surface area contributed by atoms with Gasteiger partial charge in [-0.25, -0.2) is 0 Å². The molecule has 90 valence electrons. The summed E-state index contributed by atoms with van der Waals surface area (Å²) in [5.41, 5.74) is 3.78. The average Bonchev–Trinajstić information content (AvgIpc) is 2.73. The molecule has 0 bridgehead atoms. The fraction of sp³-hybridized carbons (Fsp3) is 0.0714. The van der Waals surface area contributed by atoms with Crippen LogP contribution in [0.25, 0.3) is 11.1 Å². The molecule has 1 aromatic heterocycles. The van der Waals surface area contributed by atoms with Gasteiger partial charge in [0.15, 0.2) is 5.58 Å². The van der Waals surface area contributed by atoms with Gasteiger partial charge in [0.25, 0.3) is 6.01 Å². The molecular formula is C14H11BrN2O. The SMILES string of the molecule is Cc1ccc2oc(Nc3ccc(Br)cc3)nc2c1. The third-order valence-electron chi connectivity index (χ3n) is 2.64. The van der Waals surface area contributed by atoms with Gasteiger partial charge in [0.05, 0.1) is 0 Å². The summed E-state index contributed by atoms with van der Waals surface area (Å²) in [6.07, 6.45) is 0. The first-order valence-electron chi connectivity index (χ1n) is 5.60. The lowest BCUT2D eigenvalue weighted by atomic mass is 10.2. The highest BCUT2D eigenvalue weighted by Gasteiger charge is 2.05. The van der Waals surface area contributed by atoms with Crippen LogP contribution in [0.2, 0.25) is 0 Å². The summed E-state index contributed by atoms with van der Waals surface area (Å²) in [6, 6.07) is 14.3. The molecular weight excluding hydrogens is 292 g/mol. The van der Waals surface area contributed by atoms with E-state index in [2.05, 4.69) is 26.2 Å². The van der Waals surface area contributed by atoms with Gasteiger partial charge in [-0.1, -0.05) is 22.0 Å². The number of hydrogen-bond acceptors (Lipinski definition) is 3. The third-order valence-corrected chi connectivity index (χ3v) is 3.17. The Morgan fingerprint density at radius 3 is 2.67 bits per heavy atom. The molecule has 0 amide bonds. The zero-order valence-electron chi connectivity index (χ0n) is 9.77. The van der Waals surface area contributed by atoms with E-state index >= 15 is 0 Å². The number of anilines is 2. The van der Waals surface area contributed by atoms with Crippen LogP contribution in [0.15, 0.2) is 51.4 Å². The van der Waals surface area contributed by atoms with E-state index in [0.29, 0.717) is 6.01 Å². The summed E-state index contributed by atoms with van der Waals surface area (Å²) < 4.78 is 6.67. The lowest BCUT2D eigenvalue weighted by Crippen LogP contribution is -1.89. The Morgan fingerprint density at radius 2 is 1.89 bits per heavy atom. The molecule has 0 atom stereocenters. The van der Waals surface area contributed by atoms with Crippen molar-refractivity contribution in [2.45, 2.75) is 6.92 Å². The van der Waals surface area contributed by atoms with Crippen LogP contribution in [-0.4, -0.2) is 4.98 Å². The van der Waals surface area contributed by atoms with Crippen LogP contribution in [0.3, 0.4) is 0 Å². The van der Waals surface area contributed by atoms with Crippen molar-refractivity contribution in [3.63, 3.8) is 0 Å². The van der Waals surface area contributed by atoms with Crippen molar-refractivity contribution in [3.8, 4) is 0 Å². The van der Waals surface area contributed by atoms with Crippen molar-refractivity contribution in [2.75, 3.05) is 5.32 Å². The topological polar surface area (TPSA) is 38.1 Å². The Balaban J connectivity index is 1.92. The normalized spacial score (nSPS) is 10.8. The van der Waals surface area contributed by atoms with Crippen LogP contribution in [0.4, 0.5) is 11.7 Å². The van der Waals surface area contributed by atoms with Crippen molar-refractivity contribution < 1.29 is 4.42 Å². The van der Waals surface area contributed by atoms with Gasteiger partial charge in [0.2, 0.25) is 0 Å². The highest BCUT2D eigenvalue weighted by Crippen LogP contribution is 2.23. The number of hydrogen-bond donors (Lipinski definition) is 1. The second-order valence-corrected chi connectivity index (χ2v) is 5.04. The van der Waals surface area contributed by atoms with E-state index in [-0.39, 0.29) is 0 Å². The summed E-state index contributed by atoms with van der Waals surface area (Å²) in [7, 11) is 0. The van der Waals surface area contributed by atoms with Gasteiger partial charge >= 0.3 is 0 Å². The lowest BCUT2D eigenvalue weighted by molar-refractivity contribution is 0.623. The van der Waals surface area contributed by atoms with Crippen LogP contribution >= 0.6 is 15.9 Å². The Morgan fingerprint density at radius 1 is 1.11 bits per heavy atom. The van der Waals surface area contributed by atoms with Gasteiger partial charge in [0, 0.05) is 10.2 Å². The number of aryl methyl sites for hydroxylation is 1. The van der Waals surface area contributed by atoms with E-state index in [9.17, 15) is 0 Å².